The summed E-state index contributed by atoms with van der Waals surface area (Å²) in [7, 11) is 0. The Hall–Kier alpha value is -2.47. The van der Waals surface area contributed by atoms with E-state index >= 15 is 0 Å². The number of hydrogen-bond acceptors (Lipinski definition) is 3. The highest BCUT2D eigenvalue weighted by Gasteiger charge is 2.27. The molecule has 1 heterocycles. The van der Waals surface area contributed by atoms with Crippen LogP contribution < -0.4 is 9.64 Å². The van der Waals surface area contributed by atoms with Gasteiger partial charge in [0.25, 0.3) is 0 Å². The molecule has 2 aromatic carbocycles. The largest absolute Gasteiger partial charge is 0.482 e. The molecule has 0 aromatic heterocycles. The SMILES string of the molecule is CC(C)c1ccc2c(c1)N(CC#N)CC(c1ccccc1)O2. The molecule has 22 heavy (non-hydrogen) atoms. The second-order valence-corrected chi connectivity index (χ2v) is 5.94. The van der Waals surface area contributed by atoms with Crippen molar-refractivity contribution in [2.45, 2.75) is 25.9 Å². The summed E-state index contributed by atoms with van der Waals surface area (Å²) >= 11 is 0. The Morgan fingerprint density at radius 2 is 2.00 bits per heavy atom. The number of nitrogens with zero attached hydrogens (tertiary/aromatic N) is 2. The van der Waals surface area contributed by atoms with E-state index in [4.69, 9.17) is 10.00 Å². The molecule has 0 saturated heterocycles. The average Bonchev–Trinajstić information content (AvgIpc) is 2.55. The van der Waals surface area contributed by atoms with E-state index in [1.807, 2.05) is 24.3 Å². The molecule has 0 saturated carbocycles. The molecule has 112 valence electrons. The summed E-state index contributed by atoms with van der Waals surface area (Å²) in [5.41, 5.74) is 3.44. The third-order valence-electron chi connectivity index (χ3n) is 4.08. The van der Waals surface area contributed by atoms with Gasteiger partial charge in [0, 0.05) is 0 Å². The maximum Gasteiger partial charge on any atom is 0.143 e. The molecule has 0 N–H and O–H groups in total. The zero-order valence-electron chi connectivity index (χ0n) is 13.0. The zero-order valence-corrected chi connectivity index (χ0v) is 13.0. The van der Waals surface area contributed by atoms with Crippen LogP contribution in [0.25, 0.3) is 0 Å². The van der Waals surface area contributed by atoms with Gasteiger partial charge >= 0.3 is 0 Å². The van der Waals surface area contributed by atoms with Gasteiger partial charge in [-0.15, -0.1) is 0 Å². The Morgan fingerprint density at radius 1 is 1.23 bits per heavy atom. The molecule has 1 atom stereocenters. The molecule has 0 aliphatic carbocycles. The lowest BCUT2D eigenvalue weighted by molar-refractivity contribution is 0.198. The Bertz CT molecular complexity index is 688. The predicted molar refractivity (Wildman–Crippen MR) is 88.2 cm³/mol. The molecule has 1 unspecified atom stereocenters. The van der Waals surface area contributed by atoms with Crippen LogP contribution >= 0.6 is 0 Å². The number of anilines is 1. The van der Waals surface area contributed by atoms with E-state index < -0.39 is 0 Å². The molecule has 0 fully saturated rings. The summed E-state index contributed by atoms with van der Waals surface area (Å²) in [5.74, 6) is 1.32. The van der Waals surface area contributed by atoms with Crippen molar-refractivity contribution in [1.29, 1.82) is 5.26 Å². The molecule has 0 bridgehead atoms. The Labute approximate surface area is 131 Å². The van der Waals surface area contributed by atoms with Crippen LogP contribution in [0.3, 0.4) is 0 Å². The number of hydrogen-bond donors (Lipinski definition) is 0. The topological polar surface area (TPSA) is 36.3 Å². The fourth-order valence-electron chi connectivity index (χ4n) is 2.81. The molecule has 3 rings (SSSR count). The molecule has 1 aliphatic heterocycles. The maximum atomic E-state index is 9.15. The molecule has 0 amide bonds. The molecule has 2 aromatic rings. The molecule has 3 heteroatoms. The number of rotatable bonds is 3. The second kappa shape index (κ2) is 6.11. The van der Waals surface area contributed by atoms with Crippen molar-refractivity contribution in [2.75, 3.05) is 18.0 Å². The highest BCUT2D eigenvalue weighted by molar-refractivity contribution is 5.63. The van der Waals surface area contributed by atoms with Crippen LogP contribution in [0.1, 0.15) is 37.0 Å². The third-order valence-corrected chi connectivity index (χ3v) is 4.08. The molecular weight excluding hydrogens is 272 g/mol. The molecule has 1 aliphatic rings. The summed E-state index contributed by atoms with van der Waals surface area (Å²) in [6.45, 7) is 5.42. The van der Waals surface area contributed by atoms with Crippen LogP contribution in [0.15, 0.2) is 48.5 Å². The predicted octanol–water partition coefficient (Wildman–Crippen LogP) is 4.27. The number of fused-ring (bicyclic) bond motifs is 1. The van der Waals surface area contributed by atoms with Crippen LogP contribution in [-0.4, -0.2) is 13.1 Å². The third kappa shape index (κ3) is 2.78. The van der Waals surface area contributed by atoms with Crippen LogP contribution in [-0.2, 0) is 0 Å². The fourth-order valence-corrected chi connectivity index (χ4v) is 2.81. The minimum absolute atomic E-state index is 0.0352. The monoisotopic (exact) mass is 292 g/mol. The molecule has 0 spiro atoms. The summed E-state index contributed by atoms with van der Waals surface area (Å²) < 4.78 is 6.18. The Balaban J connectivity index is 1.97. The van der Waals surface area contributed by atoms with Crippen molar-refractivity contribution in [2.24, 2.45) is 0 Å². The van der Waals surface area contributed by atoms with Crippen LogP contribution in [0.4, 0.5) is 5.69 Å². The van der Waals surface area contributed by atoms with Gasteiger partial charge in [-0.05, 0) is 29.2 Å². The lowest BCUT2D eigenvalue weighted by Gasteiger charge is -2.35. The van der Waals surface area contributed by atoms with Gasteiger partial charge in [-0.25, -0.2) is 0 Å². The summed E-state index contributed by atoms with van der Waals surface area (Å²) in [5, 5.41) is 9.15. The van der Waals surface area contributed by atoms with E-state index in [1.54, 1.807) is 0 Å². The fraction of sp³-hybridized carbons (Fsp3) is 0.316. The maximum absolute atomic E-state index is 9.15. The van der Waals surface area contributed by atoms with E-state index in [0.29, 0.717) is 19.0 Å². The summed E-state index contributed by atoms with van der Waals surface area (Å²) in [6.07, 6.45) is -0.0352. The zero-order chi connectivity index (χ0) is 15.5. The van der Waals surface area contributed by atoms with Crippen molar-refractivity contribution in [1.82, 2.24) is 0 Å². The van der Waals surface area contributed by atoms with E-state index in [9.17, 15) is 0 Å². The smallest absolute Gasteiger partial charge is 0.143 e. The van der Waals surface area contributed by atoms with Gasteiger partial charge in [0.05, 0.1) is 18.3 Å². The van der Waals surface area contributed by atoms with Gasteiger partial charge in [-0.1, -0.05) is 50.2 Å². The van der Waals surface area contributed by atoms with Gasteiger partial charge in [0.15, 0.2) is 0 Å². The second-order valence-electron chi connectivity index (χ2n) is 5.94. The number of ether oxygens (including phenoxy) is 1. The Morgan fingerprint density at radius 3 is 2.68 bits per heavy atom. The van der Waals surface area contributed by atoms with E-state index in [0.717, 1.165) is 17.0 Å². The van der Waals surface area contributed by atoms with Crippen LogP contribution in [0, 0.1) is 11.3 Å². The first kappa shape index (κ1) is 14.5. The van der Waals surface area contributed by atoms with Crippen molar-refractivity contribution < 1.29 is 4.74 Å². The van der Waals surface area contributed by atoms with Gasteiger partial charge < -0.3 is 9.64 Å². The van der Waals surface area contributed by atoms with Gasteiger partial charge in [-0.3, -0.25) is 0 Å². The standard InChI is InChI=1S/C19H20N2O/c1-14(2)16-8-9-18-17(12-16)21(11-10-20)13-19(22-18)15-6-4-3-5-7-15/h3-9,12,14,19H,11,13H2,1-2H3. The Kier molecular flexibility index (Phi) is 4.02. The first-order valence-corrected chi connectivity index (χ1v) is 7.66. The molecular formula is C19H20N2O. The normalized spacial score (nSPS) is 16.8. The highest BCUT2D eigenvalue weighted by atomic mass is 16.5. The van der Waals surface area contributed by atoms with Crippen molar-refractivity contribution >= 4 is 5.69 Å². The first-order valence-electron chi connectivity index (χ1n) is 7.66. The average molecular weight is 292 g/mol. The first-order chi connectivity index (χ1) is 10.7. The van der Waals surface area contributed by atoms with E-state index in [2.05, 4.69) is 49.1 Å². The minimum Gasteiger partial charge on any atom is -0.482 e. The molecule has 0 radical (unpaired) electrons. The summed E-state index contributed by atoms with van der Waals surface area (Å²) in [6, 6.07) is 18.7. The van der Waals surface area contributed by atoms with Crippen molar-refractivity contribution in [3.05, 3.63) is 59.7 Å². The van der Waals surface area contributed by atoms with Crippen molar-refractivity contribution in [3.8, 4) is 11.8 Å². The number of nitriles is 1. The lowest BCUT2D eigenvalue weighted by atomic mass is 10.00. The molecule has 3 nitrogen and oxygen atoms in total. The lowest BCUT2D eigenvalue weighted by Crippen LogP contribution is -2.35. The van der Waals surface area contributed by atoms with Gasteiger partial charge in [0.1, 0.15) is 18.4 Å². The van der Waals surface area contributed by atoms with Gasteiger partial charge in [0.2, 0.25) is 0 Å². The van der Waals surface area contributed by atoms with E-state index in [1.165, 1.54) is 5.56 Å². The van der Waals surface area contributed by atoms with Gasteiger partial charge in [-0.2, -0.15) is 5.26 Å². The van der Waals surface area contributed by atoms with E-state index in [-0.39, 0.29) is 6.10 Å². The van der Waals surface area contributed by atoms with Crippen LogP contribution in [0.5, 0.6) is 5.75 Å². The quantitative estimate of drug-likeness (QED) is 0.792. The number of benzene rings is 2. The highest BCUT2D eigenvalue weighted by Crippen LogP contribution is 2.39. The summed E-state index contributed by atoms with van der Waals surface area (Å²) in [4.78, 5) is 2.11. The van der Waals surface area contributed by atoms with Crippen molar-refractivity contribution in [3.63, 3.8) is 0 Å². The van der Waals surface area contributed by atoms with Crippen LogP contribution in [0.2, 0.25) is 0 Å². The minimum atomic E-state index is -0.0352.